The van der Waals surface area contributed by atoms with Gasteiger partial charge in [0, 0.05) is 6.04 Å². The molecular weight excluding hydrogens is 206 g/mol. The Hall–Kier alpha value is -1.06. The highest BCUT2D eigenvalue weighted by atomic mass is 32.1. The third-order valence-electron chi connectivity index (χ3n) is 2.55. The van der Waals surface area contributed by atoms with Crippen LogP contribution in [-0.4, -0.2) is 17.8 Å². The molecule has 0 bridgehead atoms. The van der Waals surface area contributed by atoms with Gasteiger partial charge in [-0.05, 0) is 29.3 Å². The van der Waals surface area contributed by atoms with Crippen molar-refractivity contribution >= 4 is 27.1 Å². The van der Waals surface area contributed by atoms with Crippen molar-refractivity contribution in [3.63, 3.8) is 0 Å². The highest BCUT2D eigenvalue weighted by Crippen LogP contribution is 2.29. The molecule has 2 nitrogen and oxygen atoms in total. The lowest BCUT2D eigenvalue weighted by Crippen LogP contribution is -2.22. The third kappa shape index (κ3) is 2.13. The molecule has 0 aliphatic heterocycles. The lowest BCUT2D eigenvalue weighted by Gasteiger charge is -2.15. The van der Waals surface area contributed by atoms with Crippen LogP contribution in [-0.2, 0) is 0 Å². The average molecular weight is 221 g/mol. The van der Waals surface area contributed by atoms with Gasteiger partial charge in [-0.3, -0.25) is 0 Å². The Morgan fingerprint density at radius 2 is 2.27 bits per heavy atom. The largest absolute Gasteiger partial charge is 0.394 e. The topological polar surface area (TPSA) is 32.3 Å². The first kappa shape index (κ1) is 10.5. The SMILES string of the molecule is CC[C@H](CO)Nc1cccc2ccsc12. The highest BCUT2D eigenvalue weighted by molar-refractivity contribution is 7.17. The number of hydrogen-bond acceptors (Lipinski definition) is 3. The summed E-state index contributed by atoms with van der Waals surface area (Å²) in [4.78, 5) is 0. The van der Waals surface area contributed by atoms with Gasteiger partial charge in [-0.1, -0.05) is 19.1 Å². The second kappa shape index (κ2) is 4.64. The van der Waals surface area contributed by atoms with Gasteiger partial charge < -0.3 is 10.4 Å². The summed E-state index contributed by atoms with van der Waals surface area (Å²) >= 11 is 1.73. The first-order valence-corrected chi connectivity index (χ1v) is 6.06. The van der Waals surface area contributed by atoms with E-state index in [1.165, 1.54) is 10.1 Å². The van der Waals surface area contributed by atoms with E-state index in [0.29, 0.717) is 0 Å². The zero-order chi connectivity index (χ0) is 10.7. The number of thiophene rings is 1. The van der Waals surface area contributed by atoms with Gasteiger partial charge >= 0.3 is 0 Å². The Labute approximate surface area is 93.6 Å². The maximum atomic E-state index is 9.15. The second-order valence-corrected chi connectivity index (χ2v) is 4.49. The van der Waals surface area contributed by atoms with E-state index in [0.717, 1.165) is 12.1 Å². The lowest BCUT2D eigenvalue weighted by molar-refractivity contribution is 0.272. The molecule has 0 aliphatic carbocycles. The molecule has 0 radical (unpaired) electrons. The van der Waals surface area contributed by atoms with Crippen molar-refractivity contribution in [2.24, 2.45) is 0 Å². The minimum absolute atomic E-state index is 0.151. The van der Waals surface area contributed by atoms with Crippen LogP contribution >= 0.6 is 11.3 Å². The van der Waals surface area contributed by atoms with Crippen molar-refractivity contribution in [3.8, 4) is 0 Å². The van der Waals surface area contributed by atoms with Crippen LogP contribution in [0.2, 0.25) is 0 Å². The fourth-order valence-electron chi connectivity index (χ4n) is 1.60. The summed E-state index contributed by atoms with van der Waals surface area (Å²) in [6.07, 6.45) is 0.929. The normalized spacial score (nSPS) is 12.9. The van der Waals surface area contributed by atoms with Crippen LogP contribution in [0, 0.1) is 0 Å². The van der Waals surface area contributed by atoms with E-state index in [9.17, 15) is 0 Å². The van der Waals surface area contributed by atoms with Gasteiger partial charge in [-0.2, -0.15) is 0 Å². The summed E-state index contributed by atoms with van der Waals surface area (Å²) in [5.41, 5.74) is 1.13. The Morgan fingerprint density at radius 1 is 1.40 bits per heavy atom. The van der Waals surface area contributed by atoms with Gasteiger partial charge in [0.15, 0.2) is 0 Å². The number of anilines is 1. The zero-order valence-electron chi connectivity index (χ0n) is 8.73. The van der Waals surface area contributed by atoms with E-state index in [1.807, 2.05) is 6.07 Å². The monoisotopic (exact) mass is 221 g/mol. The molecular formula is C12H15NOS. The zero-order valence-corrected chi connectivity index (χ0v) is 9.55. The van der Waals surface area contributed by atoms with E-state index in [4.69, 9.17) is 5.11 Å². The van der Waals surface area contributed by atoms with Gasteiger partial charge in [-0.25, -0.2) is 0 Å². The molecule has 0 spiro atoms. The Balaban J connectivity index is 2.30. The second-order valence-electron chi connectivity index (χ2n) is 3.58. The number of hydrogen-bond donors (Lipinski definition) is 2. The third-order valence-corrected chi connectivity index (χ3v) is 3.52. The first-order valence-electron chi connectivity index (χ1n) is 5.18. The number of benzene rings is 1. The molecule has 3 heteroatoms. The Morgan fingerprint density at radius 3 is 3.00 bits per heavy atom. The molecule has 0 aliphatic rings. The Bertz CT molecular complexity index is 434. The highest BCUT2D eigenvalue weighted by Gasteiger charge is 2.07. The summed E-state index contributed by atoms with van der Waals surface area (Å²) in [5, 5.41) is 15.9. The number of rotatable bonds is 4. The molecule has 1 heterocycles. The van der Waals surface area contributed by atoms with Crippen LogP contribution in [0.3, 0.4) is 0 Å². The van der Waals surface area contributed by atoms with Crippen molar-refractivity contribution in [3.05, 3.63) is 29.6 Å². The lowest BCUT2D eigenvalue weighted by atomic mass is 10.2. The fourth-order valence-corrected chi connectivity index (χ4v) is 2.48. The number of fused-ring (bicyclic) bond motifs is 1. The maximum absolute atomic E-state index is 9.15. The molecule has 2 rings (SSSR count). The standard InChI is InChI=1S/C12H15NOS/c1-2-10(8-14)13-11-5-3-4-9-6-7-15-12(9)11/h3-7,10,13-14H,2,8H2,1H3/t10-/m1/s1. The van der Waals surface area contributed by atoms with Crippen LogP contribution in [0.25, 0.3) is 10.1 Å². The van der Waals surface area contributed by atoms with Gasteiger partial charge in [-0.15, -0.1) is 11.3 Å². The molecule has 0 amide bonds. The van der Waals surface area contributed by atoms with Crippen LogP contribution in [0.4, 0.5) is 5.69 Å². The molecule has 2 N–H and O–H groups in total. The molecule has 1 atom stereocenters. The molecule has 0 saturated carbocycles. The predicted molar refractivity (Wildman–Crippen MR) is 66.6 cm³/mol. The summed E-state index contributed by atoms with van der Waals surface area (Å²) in [5.74, 6) is 0. The quantitative estimate of drug-likeness (QED) is 0.831. The van der Waals surface area contributed by atoms with Crippen molar-refractivity contribution in [1.29, 1.82) is 0 Å². The van der Waals surface area contributed by atoms with E-state index in [1.54, 1.807) is 11.3 Å². The number of aliphatic hydroxyl groups is 1. The van der Waals surface area contributed by atoms with Crippen molar-refractivity contribution in [1.82, 2.24) is 0 Å². The van der Waals surface area contributed by atoms with Gasteiger partial charge in [0.1, 0.15) is 0 Å². The van der Waals surface area contributed by atoms with Crippen LogP contribution in [0.15, 0.2) is 29.6 Å². The van der Waals surface area contributed by atoms with Gasteiger partial charge in [0.05, 0.1) is 17.0 Å². The average Bonchev–Trinajstić information content (AvgIpc) is 2.74. The molecule has 80 valence electrons. The fraction of sp³-hybridized carbons (Fsp3) is 0.333. The minimum atomic E-state index is 0.151. The minimum Gasteiger partial charge on any atom is -0.394 e. The van der Waals surface area contributed by atoms with Crippen molar-refractivity contribution in [2.45, 2.75) is 19.4 Å². The smallest absolute Gasteiger partial charge is 0.0632 e. The van der Waals surface area contributed by atoms with Gasteiger partial charge in [0.25, 0.3) is 0 Å². The van der Waals surface area contributed by atoms with Crippen LogP contribution in [0.5, 0.6) is 0 Å². The molecule has 15 heavy (non-hydrogen) atoms. The van der Waals surface area contributed by atoms with Gasteiger partial charge in [0.2, 0.25) is 0 Å². The van der Waals surface area contributed by atoms with E-state index in [-0.39, 0.29) is 12.6 Å². The summed E-state index contributed by atoms with van der Waals surface area (Å²) < 4.78 is 1.27. The van der Waals surface area contributed by atoms with Crippen LogP contribution < -0.4 is 5.32 Å². The molecule has 1 aromatic carbocycles. The summed E-state index contributed by atoms with van der Waals surface area (Å²) in [7, 11) is 0. The van der Waals surface area contributed by atoms with Crippen molar-refractivity contribution < 1.29 is 5.11 Å². The number of aliphatic hydroxyl groups excluding tert-OH is 1. The molecule has 2 aromatic rings. The maximum Gasteiger partial charge on any atom is 0.0632 e. The summed E-state index contributed by atoms with van der Waals surface area (Å²) in [6.45, 7) is 2.25. The summed E-state index contributed by atoms with van der Waals surface area (Å²) in [6, 6.07) is 8.48. The Kier molecular flexibility index (Phi) is 3.23. The molecule has 0 saturated heterocycles. The molecule has 0 unspecified atom stereocenters. The van der Waals surface area contributed by atoms with Crippen LogP contribution in [0.1, 0.15) is 13.3 Å². The predicted octanol–water partition coefficient (Wildman–Crippen LogP) is 3.08. The van der Waals surface area contributed by atoms with E-state index >= 15 is 0 Å². The number of nitrogens with one attached hydrogen (secondary N) is 1. The van der Waals surface area contributed by atoms with E-state index < -0.39 is 0 Å². The molecule has 0 fully saturated rings. The van der Waals surface area contributed by atoms with E-state index in [2.05, 4.69) is 35.8 Å². The first-order chi connectivity index (χ1) is 7.35. The molecule has 1 aromatic heterocycles. The van der Waals surface area contributed by atoms with Crippen molar-refractivity contribution in [2.75, 3.05) is 11.9 Å².